The minimum atomic E-state index is -1.45. The lowest BCUT2D eigenvalue weighted by Crippen LogP contribution is -2.61. The second-order valence-electron chi connectivity index (χ2n) is 17.3. The van der Waals surface area contributed by atoms with Crippen LogP contribution < -0.4 is 54.4 Å². The minimum absolute atomic E-state index is 0.00303. The molecule has 6 unspecified atom stereocenters. The summed E-state index contributed by atoms with van der Waals surface area (Å²) >= 11 is 0. The van der Waals surface area contributed by atoms with E-state index in [2.05, 4.69) is 47.2 Å². The number of urea groups is 1. The van der Waals surface area contributed by atoms with Crippen molar-refractivity contribution in [2.75, 3.05) is 19.6 Å². The van der Waals surface area contributed by atoms with Crippen molar-refractivity contribution >= 4 is 70.2 Å². The molecule has 1 fully saturated rings. The van der Waals surface area contributed by atoms with E-state index in [-0.39, 0.29) is 77.0 Å². The number of amides is 10. The van der Waals surface area contributed by atoms with E-state index >= 15 is 0 Å². The summed E-state index contributed by atoms with van der Waals surface area (Å²) in [6.07, 6.45) is 3.26. The SMILES string of the molecule is CCCCC(NC(C)=O)C(=O)NC1CCC(=O)NCCC(C(=O)NC(Cc2c[nH]c3ccccc23)C(N)=O)NC(=O)C(CCCN=C(N)N)NC(=O)C(Cc2ccccc2)NC(=O)N(CCCC)C1=O. The Bertz CT molecular complexity index is 2320. The highest BCUT2D eigenvalue weighted by Gasteiger charge is 2.36. The van der Waals surface area contributed by atoms with Crippen molar-refractivity contribution in [3.8, 4) is 0 Å². The molecular formula is C48H69N13O9. The van der Waals surface area contributed by atoms with E-state index in [0.29, 0.717) is 36.8 Å². The molecule has 0 aliphatic carbocycles. The highest BCUT2D eigenvalue weighted by Crippen LogP contribution is 2.19. The van der Waals surface area contributed by atoms with E-state index in [0.717, 1.165) is 15.8 Å². The average Bonchev–Trinajstić information content (AvgIpc) is 3.73. The van der Waals surface area contributed by atoms with Crippen molar-refractivity contribution in [1.29, 1.82) is 0 Å². The number of aromatic amines is 1. The maximum absolute atomic E-state index is 14.6. The van der Waals surface area contributed by atoms with E-state index in [1.165, 1.54) is 6.92 Å². The monoisotopic (exact) mass is 972 g/mol. The van der Waals surface area contributed by atoms with E-state index in [9.17, 15) is 43.2 Å². The van der Waals surface area contributed by atoms with Crippen molar-refractivity contribution < 1.29 is 43.2 Å². The van der Waals surface area contributed by atoms with Crippen LogP contribution >= 0.6 is 0 Å². The Kier molecular flexibility index (Phi) is 22.1. The first kappa shape index (κ1) is 55.1. The molecule has 22 heteroatoms. The van der Waals surface area contributed by atoms with Gasteiger partial charge in [0.2, 0.25) is 41.4 Å². The summed E-state index contributed by atoms with van der Waals surface area (Å²) < 4.78 is 0. The molecule has 6 atom stereocenters. The number of carbonyl (C=O) groups excluding carboxylic acids is 9. The molecule has 4 rings (SSSR count). The molecule has 22 nitrogen and oxygen atoms in total. The zero-order valence-corrected chi connectivity index (χ0v) is 40.1. The number of guanidine groups is 1. The summed E-state index contributed by atoms with van der Waals surface area (Å²) in [5.74, 6) is -6.16. The van der Waals surface area contributed by atoms with Crippen molar-refractivity contribution in [3.63, 3.8) is 0 Å². The van der Waals surface area contributed by atoms with Crippen LogP contribution in [-0.2, 0) is 51.2 Å². The number of benzene rings is 2. The highest BCUT2D eigenvalue weighted by molar-refractivity contribution is 6.01. The molecule has 10 amide bonds. The van der Waals surface area contributed by atoms with Crippen molar-refractivity contribution in [2.45, 2.75) is 134 Å². The number of fused-ring (bicyclic) bond motifs is 1. The van der Waals surface area contributed by atoms with E-state index < -0.39 is 89.5 Å². The molecule has 1 aromatic heterocycles. The molecule has 1 saturated heterocycles. The van der Waals surface area contributed by atoms with Gasteiger partial charge < -0.3 is 59.4 Å². The summed E-state index contributed by atoms with van der Waals surface area (Å²) in [5, 5.41) is 19.5. The number of carbonyl (C=O) groups is 9. The lowest BCUT2D eigenvalue weighted by atomic mass is 10.0. The molecule has 380 valence electrons. The number of nitrogens with two attached hydrogens (primary N) is 3. The first-order valence-electron chi connectivity index (χ1n) is 23.8. The molecule has 1 aliphatic rings. The molecule has 0 spiro atoms. The van der Waals surface area contributed by atoms with E-state index in [1.807, 2.05) is 38.1 Å². The van der Waals surface area contributed by atoms with Gasteiger partial charge in [-0.05, 0) is 55.7 Å². The summed E-state index contributed by atoms with van der Waals surface area (Å²) in [7, 11) is 0. The first-order chi connectivity index (χ1) is 33.5. The maximum atomic E-state index is 14.6. The fourth-order valence-corrected chi connectivity index (χ4v) is 7.88. The fourth-order valence-electron chi connectivity index (χ4n) is 7.88. The number of primary amides is 1. The Labute approximate surface area is 407 Å². The standard InChI is InChI=1S/C48H69N13O9/c1-4-6-17-34(55-29(3)62)42(65)58-37-20-21-40(63)52-24-22-36(44(67)59-38(41(49)64)27-31-28-54-33-18-12-11-16-32(31)33)57-43(66)35(19-13-23-53-47(50)51)56-45(68)39(26-30-14-9-8-10-15-30)60-48(70)61(46(37)69)25-7-5-2/h8-12,14-16,18,28,34-39,54H,4-7,13,17,19-27H2,1-3H3,(H2,49,64)(H,52,63)(H,55,62)(H,56,68)(H,57,66)(H,58,65)(H,59,67)(H,60,70)(H4,50,51,53). The lowest BCUT2D eigenvalue weighted by Gasteiger charge is -2.30. The number of imide groups is 1. The number of aliphatic imine (C=N–C) groups is 1. The van der Waals surface area contributed by atoms with Crippen LogP contribution in [0.15, 0.2) is 65.8 Å². The van der Waals surface area contributed by atoms with Gasteiger partial charge in [-0.3, -0.25) is 48.2 Å². The molecule has 70 heavy (non-hydrogen) atoms. The van der Waals surface area contributed by atoms with Crippen LogP contribution in [0.5, 0.6) is 0 Å². The zero-order chi connectivity index (χ0) is 51.2. The van der Waals surface area contributed by atoms with E-state index in [1.54, 1.807) is 36.5 Å². The topological polar surface area (TPSA) is 347 Å². The van der Waals surface area contributed by atoms with Gasteiger partial charge in [-0.1, -0.05) is 81.6 Å². The Morgan fingerprint density at radius 1 is 0.814 bits per heavy atom. The van der Waals surface area contributed by atoms with Gasteiger partial charge in [-0.2, -0.15) is 0 Å². The van der Waals surface area contributed by atoms with Crippen molar-refractivity contribution in [2.24, 2.45) is 22.2 Å². The normalized spacial score (nSPS) is 19.5. The molecular weight excluding hydrogens is 903 g/mol. The smallest absolute Gasteiger partial charge is 0.324 e. The number of hydrogen-bond acceptors (Lipinski definition) is 10. The third-order valence-electron chi connectivity index (χ3n) is 11.7. The van der Waals surface area contributed by atoms with E-state index in [4.69, 9.17) is 17.2 Å². The van der Waals surface area contributed by atoms with Crippen molar-refractivity contribution in [1.82, 2.24) is 47.1 Å². The van der Waals surface area contributed by atoms with Gasteiger partial charge in [0.15, 0.2) is 5.96 Å². The van der Waals surface area contributed by atoms with Crippen LogP contribution in [0.2, 0.25) is 0 Å². The molecule has 0 bridgehead atoms. The lowest BCUT2D eigenvalue weighted by molar-refractivity contribution is -0.136. The quantitative estimate of drug-likeness (QED) is 0.0411. The van der Waals surface area contributed by atoms with Gasteiger partial charge in [0.1, 0.15) is 36.3 Å². The fraction of sp³-hybridized carbons (Fsp3) is 0.500. The second kappa shape index (κ2) is 28.1. The predicted molar refractivity (Wildman–Crippen MR) is 262 cm³/mol. The van der Waals surface area contributed by atoms with Crippen LogP contribution in [0.25, 0.3) is 10.9 Å². The number of unbranched alkanes of at least 4 members (excludes halogenated alkanes) is 2. The summed E-state index contributed by atoms with van der Waals surface area (Å²) in [5.41, 5.74) is 19.0. The molecule has 0 radical (unpaired) electrons. The number of aromatic nitrogens is 1. The van der Waals surface area contributed by atoms with Crippen LogP contribution in [-0.4, -0.2) is 125 Å². The van der Waals surface area contributed by atoms with Crippen LogP contribution in [0, 0.1) is 0 Å². The summed E-state index contributed by atoms with van der Waals surface area (Å²) in [4.78, 5) is 132. The van der Waals surface area contributed by atoms with Crippen LogP contribution in [0.3, 0.4) is 0 Å². The number of hydrogen-bond donors (Lipinski definition) is 11. The van der Waals surface area contributed by atoms with Gasteiger partial charge in [0.25, 0.3) is 5.91 Å². The molecule has 1 aliphatic heterocycles. The molecule has 3 aromatic rings. The summed E-state index contributed by atoms with van der Waals surface area (Å²) in [6, 6.07) is 7.19. The van der Waals surface area contributed by atoms with Gasteiger partial charge in [0, 0.05) is 62.9 Å². The number of para-hydroxylation sites is 1. The summed E-state index contributed by atoms with van der Waals surface area (Å²) in [6.45, 7) is 4.74. The van der Waals surface area contributed by atoms with Gasteiger partial charge in [-0.15, -0.1) is 0 Å². The number of nitrogens with zero attached hydrogens (tertiary/aromatic N) is 2. The van der Waals surface area contributed by atoms with Gasteiger partial charge >= 0.3 is 6.03 Å². The predicted octanol–water partition coefficient (Wildman–Crippen LogP) is 0.133. The van der Waals surface area contributed by atoms with Crippen molar-refractivity contribution in [3.05, 3.63) is 71.9 Å². The van der Waals surface area contributed by atoms with Gasteiger partial charge in [-0.25, -0.2) is 4.79 Å². The Balaban J connectivity index is 1.75. The largest absolute Gasteiger partial charge is 0.370 e. The Morgan fingerprint density at radius 2 is 1.51 bits per heavy atom. The average molecular weight is 972 g/mol. The maximum Gasteiger partial charge on any atom is 0.324 e. The van der Waals surface area contributed by atoms with Gasteiger partial charge in [0.05, 0.1) is 0 Å². The Morgan fingerprint density at radius 3 is 2.20 bits per heavy atom. The Hall–Kier alpha value is -7.52. The number of rotatable bonds is 20. The second-order valence-corrected chi connectivity index (χ2v) is 17.3. The first-order valence-corrected chi connectivity index (χ1v) is 23.8. The number of nitrogens with one attached hydrogen (secondary N) is 8. The third-order valence-corrected chi connectivity index (χ3v) is 11.7. The molecule has 0 saturated carbocycles. The number of H-pyrrole nitrogens is 1. The zero-order valence-electron chi connectivity index (χ0n) is 40.1. The van der Waals surface area contributed by atoms with Crippen LogP contribution in [0.1, 0.15) is 96.1 Å². The minimum Gasteiger partial charge on any atom is -0.370 e. The van der Waals surface area contributed by atoms with Crippen LogP contribution in [0.4, 0.5) is 4.79 Å². The third kappa shape index (κ3) is 17.5. The molecule has 14 N–H and O–H groups in total. The highest BCUT2D eigenvalue weighted by atomic mass is 16.2. The molecule has 2 aromatic carbocycles. The molecule has 2 heterocycles.